The van der Waals surface area contributed by atoms with Gasteiger partial charge in [-0.2, -0.15) is 0 Å². The molecule has 1 fully saturated rings. The van der Waals surface area contributed by atoms with E-state index in [1.807, 2.05) is 4.90 Å². The highest BCUT2D eigenvalue weighted by Crippen LogP contribution is 2.32. The van der Waals surface area contributed by atoms with E-state index in [0.29, 0.717) is 11.6 Å². The van der Waals surface area contributed by atoms with E-state index < -0.39 is 11.8 Å². The summed E-state index contributed by atoms with van der Waals surface area (Å²) in [5.74, 6) is -0.881. The van der Waals surface area contributed by atoms with Crippen LogP contribution < -0.4 is 4.90 Å². The molecule has 0 aromatic heterocycles. The van der Waals surface area contributed by atoms with Gasteiger partial charge in [0, 0.05) is 13.1 Å². The van der Waals surface area contributed by atoms with Gasteiger partial charge >= 0.3 is 5.97 Å². The van der Waals surface area contributed by atoms with E-state index in [2.05, 4.69) is 22.9 Å². The number of rotatable bonds is 3. The third kappa shape index (κ3) is 3.14. The van der Waals surface area contributed by atoms with Crippen molar-refractivity contribution in [2.24, 2.45) is 5.92 Å². The molecular weight excluding hydrogens is 325 g/mol. The van der Waals surface area contributed by atoms with Gasteiger partial charge in [0.05, 0.1) is 15.7 Å². The third-order valence-electron chi connectivity index (χ3n) is 4.06. The number of anilines is 1. The fourth-order valence-electron chi connectivity index (χ4n) is 2.76. The van der Waals surface area contributed by atoms with Crippen molar-refractivity contribution in [1.82, 2.24) is 0 Å². The monoisotopic (exact) mass is 343 g/mol. The van der Waals surface area contributed by atoms with E-state index in [1.165, 1.54) is 12.5 Å². The summed E-state index contributed by atoms with van der Waals surface area (Å²) in [4.78, 5) is 13.0. The molecule has 1 aromatic rings. The number of carboxylic acid groups (broad SMARTS) is 1. The van der Waals surface area contributed by atoms with Gasteiger partial charge in [0.1, 0.15) is 0 Å². The highest BCUT2D eigenvalue weighted by Gasteiger charge is 2.22. The van der Waals surface area contributed by atoms with Gasteiger partial charge in [0.2, 0.25) is 0 Å². The van der Waals surface area contributed by atoms with E-state index in [0.717, 1.165) is 32.4 Å². The lowest BCUT2D eigenvalue weighted by molar-refractivity contribution is 0.0695. The second-order valence-electron chi connectivity index (χ2n) is 5.26. The van der Waals surface area contributed by atoms with Gasteiger partial charge in [0.15, 0.2) is 5.82 Å². The summed E-state index contributed by atoms with van der Waals surface area (Å²) in [6.45, 7) is 3.85. The first-order valence-electron chi connectivity index (χ1n) is 7.00. The molecule has 1 aromatic carbocycles. The molecule has 20 heavy (non-hydrogen) atoms. The number of carboxylic acids is 1. The average molecular weight is 344 g/mol. The van der Waals surface area contributed by atoms with Crippen molar-refractivity contribution in [1.29, 1.82) is 0 Å². The number of nitrogens with zero attached hydrogens (tertiary/aromatic N) is 1. The zero-order chi connectivity index (χ0) is 14.7. The maximum Gasteiger partial charge on any atom is 0.336 e. The van der Waals surface area contributed by atoms with Crippen LogP contribution in [0.25, 0.3) is 0 Å². The van der Waals surface area contributed by atoms with Gasteiger partial charge in [-0.25, -0.2) is 9.18 Å². The van der Waals surface area contributed by atoms with Crippen LogP contribution >= 0.6 is 15.9 Å². The van der Waals surface area contributed by atoms with Crippen molar-refractivity contribution in [3.8, 4) is 0 Å². The Bertz CT molecular complexity index is 507. The molecule has 1 aliphatic rings. The molecule has 1 aliphatic heterocycles. The quantitative estimate of drug-likeness (QED) is 0.889. The van der Waals surface area contributed by atoms with Gasteiger partial charge in [-0.05, 0) is 53.2 Å². The van der Waals surface area contributed by atoms with Crippen molar-refractivity contribution >= 4 is 27.6 Å². The second-order valence-corrected chi connectivity index (χ2v) is 6.05. The Morgan fingerprint density at radius 3 is 2.85 bits per heavy atom. The van der Waals surface area contributed by atoms with Crippen LogP contribution in [-0.4, -0.2) is 24.2 Å². The molecule has 0 spiro atoms. The summed E-state index contributed by atoms with van der Waals surface area (Å²) in [6, 6.07) is 3.04. The first-order valence-corrected chi connectivity index (χ1v) is 7.80. The lowest BCUT2D eigenvalue weighted by Crippen LogP contribution is -2.25. The van der Waals surface area contributed by atoms with E-state index in [9.17, 15) is 9.18 Å². The number of aromatic carboxylic acids is 1. The van der Waals surface area contributed by atoms with E-state index in [4.69, 9.17) is 5.11 Å². The molecule has 1 saturated heterocycles. The Balaban J connectivity index is 2.25. The smallest absolute Gasteiger partial charge is 0.336 e. The van der Waals surface area contributed by atoms with Crippen LogP contribution in [0.5, 0.6) is 0 Å². The number of halogens is 2. The summed E-state index contributed by atoms with van der Waals surface area (Å²) in [5.41, 5.74) is 0.464. The van der Waals surface area contributed by atoms with Crippen molar-refractivity contribution < 1.29 is 14.3 Å². The Hall–Kier alpha value is -1.10. The van der Waals surface area contributed by atoms with E-state index >= 15 is 0 Å². The Labute approximate surface area is 126 Å². The third-order valence-corrected chi connectivity index (χ3v) is 4.83. The summed E-state index contributed by atoms with van der Waals surface area (Å²) >= 11 is 3.06. The molecule has 0 saturated carbocycles. The minimum absolute atomic E-state index is 0.0347. The molecule has 1 atom stereocenters. The number of carbonyl (C=O) groups is 1. The summed E-state index contributed by atoms with van der Waals surface area (Å²) in [6.07, 6.45) is 4.46. The van der Waals surface area contributed by atoms with Crippen LogP contribution in [0, 0.1) is 11.7 Å². The molecule has 3 nitrogen and oxygen atoms in total. The minimum Gasteiger partial charge on any atom is -0.478 e. The lowest BCUT2D eigenvalue weighted by atomic mass is 9.98. The van der Waals surface area contributed by atoms with Gasteiger partial charge in [-0.15, -0.1) is 0 Å². The van der Waals surface area contributed by atoms with Crippen molar-refractivity contribution in [2.45, 2.75) is 32.6 Å². The first-order chi connectivity index (χ1) is 9.54. The number of hydrogen-bond donors (Lipinski definition) is 1. The standard InChI is InChI=1S/C15H19BrFNO2/c1-2-10-4-3-8-18(9-7-10)12-6-5-11(15(19)20)13(16)14(12)17/h5-6,10H,2-4,7-9H2,1H3,(H,19,20). The van der Waals surface area contributed by atoms with Crippen molar-refractivity contribution in [3.05, 3.63) is 28.0 Å². The van der Waals surface area contributed by atoms with Gasteiger partial charge in [-0.3, -0.25) is 0 Å². The molecule has 2 rings (SSSR count). The van der Waals surface area contributed by atoms with Crippen LogP contribution in [0.4, 0.5) is 10.1 Å². The molecule has 0 radical (unpaired) electrons. The number of benzene rings is 1. The fraction of sp³-hybridized carbons (Fsp3) is 0.533. The molecule has 0 bridgehead atoms. The molecule has 5 heteroatoms. The zero-order valence-electron chi connectivity index (χ0n) is 11.5. The SMILES string of the molecule is CCC1CCCN(c2ccc(C(=O)O)c(Br)c2F)CC1. The normalized spacial score (nSPS) is 19.8. The van der Waals surface area contributed by atoms with E-state index in [1.54, 1.807) is 6.07 Å². The predicted octanol–water partition coefficient (Wildman–Crippen LogP) is 4.30. The van der Waals surface area contributed by atoms with E-state index in [-0.39, 0.29) is 10.0 Å². The predicted molar refractivity (Wildman–Crippen MR) is 80.9 cm³/mol. The largest absolute Gasteiger partial charge is 0.478 e. The maximum atomic E-state index is 14.4. The first kappa shape index (κ1) is 15.3. The zero-order valence-corrected chi connectivity index (χ0v) is 13.1. The highest BCUT2D eigenvalue weighted by molar-refractivity contribution is 9.10. The van der Waals surface area contributed by atoms with Gasteiger partial charge in [-0.1, -0.05) is 13.3 Å². The molecular formula is C15H19BrFNO2. The number of hydrogen-bond acceptors (Lipinski definition) is 2. The van der Waals surface area contributed by atoms with Crippen LogP contribution in [0.15, 0.2) is 16.6 Å². The molecule has 0 aliphatic carbocycles. The summed E-state index contributed by atoms with van der Waals surface area (Å²) in [5, 5.41) is 8.99. The Morgan fingerprint density at radius 2 is 2.20 bits per heavy atom. The average Bonchev–Trinajstić information content (AvgIpc) is 2.66. The molecule has 1 heterocycles. The van der Waals surface area contributed by atoms with Crippen LogP contribution in [0.2, 0.25) is 0 Å². The lowest BCUT2D eigenvalue weighted by Gasteiger charge is -2.24. The Morgan fingerprint density at radius 1 is 1.45 bits per heavy atom. The van der Waals surface area contributed by atoms with Crippen LogP contribution in [0.1, 0.15) is 43.0 Å². The topological polar surface area (TPSA) is 40.5 Å². The second kappa shape index (κ2) is 6.57. The highest BCUT2D eigenvalue weighted by atomic mass is 79.9. The van der Waals surface area contributed by atoms with Crippen LogP contribution in [0.3, 0.4) is 0 Å². The minimum atomic E-state index is -1.12. The molecule has 0 amide bonds. The summed E-state index contributed by atoms with van der Waals surface area (Å²) < 4.78 is 14.4. The summed E-state index contributed by atoms with van der Waals surface area (Å²) in [7, 11) is 0. The van der Waals surface area contributed by atoms with Crippen molar-refractivity contribution in [3.63, 3.8) is 0 Å². The fourth-order valence-corrected chi connectivity index (χ4v) is 3.27. The Kier molecular flexibility index (Phi) is 5.02. The van der Waals surface area contributed by atoms with Gasteiger partial charge in [0.25, 0.3) is 0 Å². The molecule has 110 valence electrons. The molecule has 1 N–H and O–H groups in total. The van der Waals surface area contributed by atoms with Crippen molar-refractivity contribution in [2.75, 3.05) is 18.0 Å². The van der Waals surface area contributed by atoms with Gasteiger partial charge < -0.3 is 10.0 Å². The maximum absolute atomic E-state index is 14.4. The van der Waals surface area contributed by atoms with Crippen LogP contribution in [-0.2, 0) is 0 Å². The molecule has 1 unspecified atom stereocenters.